The Hall–Kier alpha value is -1.95. The number of benzene rings is 1. The number of rotatable bonds is 4. The van der Waals surface area contributed by atoms with Gasteiger partial charge in [-0.1, -0.05) is 37.3 Å². The Morgan fingerprint density at radius 1 is 1.11 bits per heavy atom. The van der Waals surface area contributed by atoms with Gasteiger partial charge in [0.25, 0.3) is 0 Å². The van der Waals surface area contributed by atoms with Gasteiger partial charge in [0.2, 0.25) is 11.8 Å². The molecular weight excluding hydrogens is 262 g/mol. The van der Waals surface area contributed by atoms with Crippen molar-refractivity contribution in [3.05, 3.63) is 35.9 Å². The van der Waals surface area contributed by atoms with Crippen LogP contribution in [0.2, 0.25) is 0 Å². The molecule has 0 heterocycles. The molecule has 1 rings (SSSR count). The van der Waals surface area contributed by atoms with Crippen LogP contribution in [0.25, 0.3) is 0 Å². The summed E-state index contributed by atoms with van der Waals surface area (Å²) >= 11 is 4.87. The second-order valence-corrected chi connectivity index (χ2v) is 4.37. The van der Waals surface area contributed by atoms with Gasteiger partial charge in [-0.3, -0.25) is 20.4 Å². The van der Waals surface area contributed by atoms with Gasteiger partial charge >= 0.3 is 0 Å². The Balaban J connectivity index is 2.27. The van der Waals surface area contributed by atoms with Gasteiger partial charge in [0.15, 0.2) is 5.11 Å². The van der Waals surface area contributed by atoms with Gasteiger partial charge in [-0.05, 0) is 24.2 Å². The lowest BCUT2D eigenvalue weighted by Crippen LogP contribution is -2.48. The fraction of sp³-hybridized carbons (Fsp3) is 0.308. The molecule has 0 unspecified atom stereocenters. The molecular formula is C13H17N3O2S. The lowest BCUT2D eigenvalue weighted by molar-refractivity contribution is -0.122. The monoisotopic (exact) mass is 279 g/mol. The molecule has 1 aromatic carbocycles. The smallest absolute Gasteiger partial charge is 0.242 e. The molecule has 0 aliphatic heterocycles. The molecule has 102 valence electrons. The van der Waals surface area contributed by atoms with Crippen LogP contribution >= 0.6 is 12.2 Å². The van der Waals surface area contributed by atoms with E-state index in [0.717, 1.165) is 12.0 Å². The largest absolute Gasteiger partial charge is 0.302 e. The van der Waals surface area contributed by atoms with Crippen LogP contribution in [0.1, 0.15) is 25.3 Å². The van der Waals surface area contributed by atoms with Crippen LogP contribution in [0.15, 0.2) is 30.3 Å². The summed E-state index contributed by atoms with van der Waals surface area (Å²) in [6.45, 7) is 1.90. The normalized spacial score (nSPS) is 9.53. The quantitative estimate of drug-likeness (QED) is 0.569. The molecule has 5 nitrogen and oxygen atoms in total. The van der Waals surface area contributed by atoms with E-state index in [1.807, 2.05) is 37.3 Å². The molecule has 0 atom stereocenters. The number of carbonyl (C=O) groups excluding carboxylic acids is 2. The molecule has 0 fully saturated rings. The molecule has 0 aliphatic carbocycles. The summed E-state index contributed by atoms with van der Waals surface area (Å²) in [4.78, 5) is 22.8. The zero-order valence-electron chi connectivity index (χ0n) is 10.7. The molecule has 0 radical (unpaired) electrons. The van der Waals surface area contributed by atoms with Crippen molar-refractivity contribution in [2.24, 2.45) is 0 Å². The predicted molar refractivity (Wildman–Crippen MR) is 77.1 cm³/mol. The minimum atomic E-state index is -0.224. The summed E-state index contributed by atoms with van der Waals surface area (Å²) in [6, 6.07) is 9.34. The van der Waals surface area contributed by atoms with Crippen LogP contribution in [0.5, 0.6) is 0 Å². The molecule has 0 spiro atoms. The third-order valence-electron chi connectivity index (χ3n) is 2.25. The van der Waals surface area contributed by atoms with Crippen molar-refractivity contribution in [2.45, 2.75) is 26.2 Å². The Kier molecular flexibility index (Phi) is 6.52. The fourth-order valence-corrected chi connectivity index (χ4v) is 1.56. The van der Waals surface area contributed by atoms with Crippen molar-refractivity contribution < 1.29 is 9.59 Å². The Morgan fingerprint density at radius 2 is 1.79 bits per heavy atom. The Bertz CT molecular complexity index is 448. The van der Waals surface area contributed by atoms with E-state index in [9.17, 15) is 9.59 Å². The SMILES string of the molecule is CCCC(=O)NC(=S)NNC(=O)Cc1ccccc1. The van der Waals surface area contributed by atoms with Crippen molar-refractivity contribution in [1.82, 2.24) is 16.2 Å². The number of hydrogen-bond donors (Lipinski definition) is 3. The Morgan fingerprint density at radius 3 is 2.42 bits per heavy atom. The van der Waals surface area contributed by atoms with Gasteiger partial charge in [-0.15, -0.1) is 0 Å². The van der Waals surface area contributed by atoms with E-state index in [0.29, 0.717) is 6.42 Å². The van der Waals surface area contributed by atoms with E-state index in [2.05, 4.69) is 16.2 Å². The molecule has 2 amide bonds. The second-order valence-electron chi connectivity index (χ2n) is 3.96. The summed E-state index contributed by atoms with van der Waals surface area (Å²) in [5.74, 6) is -0.393. The fourth-order valence-electron chi connectivity index (χ4n) is 1.40. The maximum atomic E-state index is 11.6. The number of amides is 2. The number of hydrazine groups is 1. The second kappa shape index (κ2) is 8.20. The van der Waals surface area contributed by atoms with E-state index in [4.69, 9.17) is 12.2 Å². The van der Waals surface area contributed by atoms with Crippen LogP contribution < -0.4 is 16.2 Å². The minimum Gasteiger partial charge on any atom is -0.302 e. The average Bonchev–Trinajstić information content (AvgIpc) is 2.38. The first-order valence-corrected chi connectivity index (χ1v) is 6.45. The van der Waals surface area contributed by atoms with Gasteiger partial charge in [0, 0.05) is 6.42 Å². The maximum Gasteiger partial charge on any atom is 0.242 e. The summed E-state index contributed by atoms with van der Waals surface area (Å²) in [6.07, 6.45) is 1.40. The first kappa shape index (κ1) is 15.1. The van der Waals surface area contributed by atoms with Crippen LogP contribution in [-0.2, 0) is 16.0 Å². The Labute approximate surface area is 117 Å². The van der Waals surface area contributed by atoms with Gasteiger partial charge in [-0.2, -0.15) is 0 Å². The van der Waals surface area contributed by atoms with E-state index < -0.39 is 0 Å². The van der Waals surface area contributed by atoms with Gasteiger partial charge in [-0.25, -0.2) is 0 Å². The summed E-state index contributed by atoms with van der Waals surface area (Å²) in [5, 5.41) is 2.56. The van der Waals surface area contributed by atoms with Gasteiger partial charge in [0.1, 0.15) is 0 Å². The van der Waals surface area contributed by atoms with Crippen LogP contribution in [0.4, 0.5) is 0 Å². The van der Waals surface area contributed by atoms with Crippen molar-refractivity contribution in [3.63, 3.8) is 0 Å². The van der Waals surface area contributed by atoms with Crippen molar-refractivity contribution >= 4 is 29.1 Å². The number of carbonyl (C=O) groups is 2. The highest BCUT2D eigenvalue weighted by Gasteiger charge is 2.05. The molecule has 0 saturated carbocycles. The summed E-state index contributed by atoms with van der Waals surface area (Å²) < 4.78 is 0. The summed E-state index contributed by atoms with van der Waals surface area (Å²) in [7, 11) is 0. The first-order valence-electron chi connectivity index (χ1n) is 6.04. The molecule has 3 N–H and O–H groups in total. The highest BCUT2D eigenvalue weighted by molar-refractivity contribution is 7.80. The van der Waals surface area contributed by atoms with Gasteiger partial charge < -0.3 is 5.32 Å². The third kappa shape index (κ3) is 6.52. The van der Waals surface area contributed by atoms with E-state index in [1.54, 1.807) is 0 Å². The first-order chi connectivity index (χ1) is 9.11. The average molecular weight is 279 g/mol. The van der Waals surface area contributed by atoms with E-state index >= 15 is 0 Å². The van der Waals surface area contributed by atoms with E-state index in [1.165, 1.54) is 0 Å². The maximum absolute atomic E-state index is 11.6. The van der Waals surface area contributed by atoms with Crippen LogP contribution in [0.3, 0.4) is 0 Å². The highest BCUT2D eigenvalue weighted by atomic mass is 32.1. The molecule has 0 aliphatic rings. The molecule has 0 aromatic heterocycles. The lowest BCUT2D eigenvalue weighted by atomic mass is 10.1. The minimum absolute atomic E-state index is 0.0971. The van der Waals surface area contributed by atoms with Gasteiger partial charge in [0.05, 0.1) is 6.42 Å². The summed E-state index contributed by atoms with van der Waals surface area (Å²) in [5.41, 5.74) is 5.83. The van der Waals surface area contributed by atoms with Crippen molar-refractivity contribution in [2.75, 3.05) is 0 Å². The lowest BCUT2D eigenvalue weighted by Gasteiger charge is -2.10. The molecule has 6 heteroatoms. The number of hydrogen-bond acceptors (Lipinski definition) is 3. The topological polar surface area (TPSA) is 70.2 Å². The van der Waals surface area contributed by atoms with E-state index in [-0.39, 0.29) is 23.3 Å². The number of thiocarbonyl (C=S) groups is 1. The zero-order valence-corrected chi connectivity index (χ0v) is 11.5. The van der Waals surface area contributed by atoms with Crippen LogP contribution in [-0.4, -0.2) is 16.9 Å². The third-order valence-corrected chi connectivity index (χ3v) is 2.46. The molecule has 19 heavy (non-hydrogen) atoms. The molecule has 1 aromatic rings. The predicted octanol–water partition coefficient (Wildman–Crippen LogP) is 1.05. The molecule has 0 bridgehead atoms. The number of nitrogens with one attached hydrogen (secondary N) is 3. The molecule has 0 saturated heterocycles. The van der Waals surface area contributed by atoms with Crippen LogP contribution in [0, 0.1) is 0 Å². The zero-order chi connectivity index (χ0) is 14.1. The van der Waals surface area contributed by atoms with Crippen molar-refractivity contribution in [3.8, 4) is 0 Å². The standard InChI is InChI=1S/C13H17N3O2S/c1-2-6-11(17)14-13(19)16-15-12(18)9-10-7-4-3-5-8-10/h3-5,7-8H,2,6,9H2,1H3,(H,15,18)(H2,14,16,17,19). The van der Waals surface area contributed by atoms with Crippen molar-refractivity contribution in [1.29, 1.82) is 0 Å². The highest BCUT2D eigenvalue weighted by Crippen LogP contribution is 1.98.